The smallest absolute Gasteiger partial charge is 0.410 e. The van der Waals surface area contributed by atoms with E-state index in [2.05, 4.69) is 10.5 Å². The number of carbonyl (C=O) groups is 2. The van der Waals surface area contributed by atoms with Crippen molar-refractivity contribution in [1.82, 2.24) is 15.4 Å². The largest absolute Gasteiger partial charge is 0.447 e. The van der Waals surface area contributed by atoms with Gasteiger partial charge in [-0.2, -0.15) is 0 Å². The van der Waals surface area contributed by atoms with E-state index in [1.165, 1.54) is 11.0 Å². The number of hydrogen-bond donors (Lipinski definition) is 1. The van der Waals surface area contributed by atoms with Crippen molar-refractivity contribution in [2.24, 2.45) is 0 Å². The molecule has 2 aromatic rings. The lowest BCUT2D eigenvalue weighted by Gasteiger charge is -2.32. The topological polar surface area (TPSA) is 93.9 Å². The molecule has 0 spiro atoms. The van der Waals surface area contributed by atoms with Crippen LogP contribution in [-0.2, 0) is 16.0 Å². The molecule has 0 radical (unpaired) electrons. The lowest BCUT2D eigenvalue weighted by atomic mass is 10.1. The maximum atomic E-state index is 12.3. The summed E-state index contributed by atoms with van der Waals surface area (Å²) in [5.41, 5.74) is 1.06. The van der Waals surface area contributed by atoms with Gasteiger partial charge < -0.3 is 19.3 Å². The first-order valence-electron chi connectivity index (χ1n) is 8.55. The van der Waals surface area contributed by atoms with Crippen molar-refractivity contribution in [3.05, 3.63) is 53.4 Å². The van der Waals surface area contributed by atoms with E-state index in [9.17, 15) is 14.0 Å². The molecular weight excluding hydrogens is 357 g/mol. The van der Waals surface area contributed by atoms with Crippen LogP contribution in [0.25, 0.3) is 0 Å². The molecule has 8 nitrogen and oxygen atoms in total. The van der Waals surface area contributed by atoms with E-state index in [1.807, 2.05) is 30.3 Å². The van der Waals surface area contributed by atoms with Crippen LogP contribution in [0.1, 0.15) is 27.9 Å². The van der Waals surface area contributed by atoms with Gasteiger partial charge >= 0.3 is 6.09 Å². The van der Waals surface area contributed by atoms with Crippen LogP contribution < -0.4 is 5.32 Å². The van der Waals surface area contributed by atoms with Crippen molar-refractivity contribution in [2.45, 2.75) is 12.6 Å². The van der Waals surface area contributed by atoms with Gasteiger partial charge in [0.25, 0.3) is 5.91 Å². The Morgan fingerprint density at radius 3 is 2.93 bits per heavy atom. The zero-order valence-corrected chi connectivity index (χ0v) is 14.6. The molecular formula is C18H20FN3O5. The summed E-state index contributed by atoms with van der Waals surface area (Å²) in [6.45, 7) is 0.0636. The molecule has 1 saturated heterocycles. The molecule has 9 heteroatoms. The van der Waals surface area contributed by atoms with Crippen molar-refractivity contribution in [3.8, 4) is 0 Å². The summed E-state index contributed by atoms with van der Waals surface area (Å²) in [7, 11) is 0. The molecule has 2 heterocycles. The van der Waals surface area contributed by atoms with E-state index in [-0.39, 0.29) is 25.5 Å². The molecule has 0 bridgehead atoms. The Balaban J connectivity index is 1.64. The van der Waals surface area contributed by atoms with Crippen molar-refractivity contribution < 1.29 is 28.0 Å². The molecule has 0 aliphatic carbocycles. The average molecular weight is 377 g/mol. The highest BCUT2D eigenvalue weighted by molar-refractivity contribution is 5.92. The number of halogens is 1. The van der Waals surface area contributed by atoms with Crippen molar-refractivity contribution in [1.29, 1.82) is 0 Å². The zero-order chi connectivity index (χ0) is 19.1. The molecule has 1 fully saturated rings. The lowest BCUT2D eigenvalue weighted by molar-refractivity contribution is -0.0185. The summed E-state index contributed by atoms with van der Waals surface area (Å²) in [5, 5.41) is 6.53. The molecule has 2 amide bonds. The summed E-state index contributed by atoms with van der Waals surface area (Å²) < 4.78 is 27.7. The summed E-state index contributed by atoms with van der Waals surface area (Å²) >= 11 is 0. The molecule has 1 unspecified atom stereocenters. The Labute approximate surface area is 155 Å². The van der Waals surface area contributed by atoms with Gasteiger partial charge in [-0.05, 0) is 5.56 Å². The molecule has 0 saturated carbocycles. The monoisotopic (exact) mass is 377 g/mol. The molecule has 3 rings (SSSR count). The second kappa shape index (κ2) is 9.13. The van der Waals surface area contributed by atoms with Gasteiger partial charge in [0.15, 0.2) is 11.5 Å². The number of nitrogens with one attached hydrogen (secondary N) is 1. The molecule has 27 heavy (non-hydrogen) atoms. The van der Waals surface area contributed by atoms with Crippen LogP contribution in [0.3, 0.4) is 0 Å². The number of aromatic nitrogens is 1. The first-order chi connectivity index (χ1) is 13.2. The van der Waals surface area contributed by atoms with Crippen molar-refractivity contribution in [3.63, 3.8) is 0 Å². The van der Waals surface area contributed by atoms with E-state index < -0.39 is 24.7 Å². The maximum absolute atomic E-state index is 12.3. The third-order valence-corrected chi connectivity index (χ3v) is 4.05. The molecule has 1 aromatic carbocycles. The number of amides is 2. The van der Waals surface area contributed by atoms with Gasteiger partial charge in [-0.25, -0.2) is 9.18 Å². The van der Waals surface area contributed by atoms with E-state index in [1.54, 1.807) is 0 Å². The summed E-state index contributed by atoms with van der Waals surface area (Å²) in [4.78, 5) is 25.7. The number of morpholine rings is 1. The van der Waals surface area contributed by atoms with Gasteiger partial charge in [0, 0.05) is 19.2 Å². The number of ether oxygens (including phenoxy) is 2. The highest BCUT2D eigenvalue weighted by atomic mass is 19.1. The Hall–Kier alpha value is -2.94. The predicted molar refractivity (Wildman–Crippen MR) is 91.7 cm³/mol. The summed E-state index contributed by atoms with van der Waals surface area (Å²) in [5.74, 6) is -0.0890. The lowest BCUT2D eigenvalue weighted by Crippen LogP contribution is -2.43. The number of nitrogens with zero attached hydrogens (tertiary/aromatic N) is 2. The van der Waals surface area contributed by atoms with Crippen LogP contribution in [0.5, 0.6) is 0 Å². The number of carbonyl (C=O) groups excluding carboxylic acids is 2. The Bertz CT molecular complexity index is 767. The fourth-order valence-electron chi connectivity index (χ4n) is 2.69. The van der Waals surface area contributed by atoms with Crippen LogP contribution in [0.4, 0.5) is 9.18 Å². The molecule has 1 atom stereocenters. The highest BCUT2D eigenvalue weighted by Gasteiger charge is 2.33. The number of hydrogen-bond acceptors (Lipinski definition) is 6. The minimum absolute atomic E-state index is 0.101. The Morgan fingerprint density at radius 1 is 1.33 bits per heavy atom. The first-order valence-corrected chi connectivity index (χ1v) is 8.55. The van der Waals surface area contributed by atoms with Crippen molar-refractivity contribution in [2.75, 3.05) is 33.0 Å². The second-order valence-corrected chi connectivity index (χ2v) is 5.87. The van der Waals surface area contributed by atoms with Crippen LogP contribution in [0, 0.1) is 0 Å². The quantitative estimate of drug-likeness (QED) is 0.828. The Kier molecular flexibility index (Phi) is 6.37. The van der Waals surface area contributed by atoms with E-state index in [4.69, 9.17) is 14.0 Å². The third kappa shape index (κ3) is 4.82. The van der Waals surface area contributed by atoms with Crippen molar-refractivity contribution >= 4 is 12.0 Å². The molecule has 1 N–H and O–H groups in total. The normalized spacial score (nSPS) is 16.8. The average Bonchev–Trinajstić information content (AvgIpc) is 3.21. The highest BCUT2D eigenvalue weighted by Crippen LogP contribution is 2.25. The van der Waals surface area contributed by atoms with E-state index in [0.29, 0.717) is 18.9 Å². The fraction of sp³-hybridized carbons (Fsp3) is 0.389. The van der Waals surface area contributed by atoms with Gasteiger partial charge in [-0.3, -0.25) is 9.69 Å². The Morgan fingerprint density at radius 2 is 2.15 bits per heavy atom. The van der Waals surface area contributed by atoms with Gasteiger partial charge in [-0.1, -0.05) is 35.5 Å². The second-order valence-electron chi connectivity index (χ2n) is 5.87. The minimum atomic E-state index is -0.755. The minimum Gasteiger partial charge on any atom is -0.447 e. The molecule has 1 aliphatic rings. The molecule has 1 aliphatic heterocycles. The maximum Gasteiger partial charge on any atom is 0.410 e. The third-order valence-electron chi connectivity index (χ3n) is 4.05. The van der Waals surface area contributed by atoms with Crippen LogP contribution >= 0.6 is 0 Å². The van der Waals surface area contributed by atoms with Crippen LogP contribution in [0.15, 0.2) is 40.9 Å². The number of benzene rings is 1. The number of rotatable bonds is 6. The molecule has 144 valence electrons. The van der Waals surface area contributed by atoms with Gasteiger partial charge in [-0.15, -0.1) is 0 Å². The fourth-order valence-corrected chi connectivity index (χ4v) is 2.69. The van der Waals surface area contributed by atoms with Crippen LogP contribution in [0.2, 0.25) is 0 Å². The van der Waals surface area contributed by atoms with Gasteiger partial charge in [0.05, 0.1) is 13.2 Å². The zero-order valence-electron chi connectivity index (χ0n) is 14.6. The standard InChI is InChI=1S/C18H20FN3O5/c19-6-8-26-18(24)22-7-9-25-12-15(22)16-10-14(21-27-16)17(23)20-11-13-4-2-1-3-5-13/h1-5,10,15H,6-9,11-12H2,(H,20,23). The molecule has 1 aromatic heterocycles. The summed E-state index contributed by atoms with van der Waals surface area (Å²) in [6, 6.07) is 10.3. The van der Waals surface area contributed by atoms with Gasteiger partial charge in [0.2, 0.25) is 0 Å². The van der Waals surface area contributed by atoms with E-state index in [0.717, 1.165) is 5.56 Å². The van der Waals surface area contributed by atoms with E-state index >= 15 is 0 Å². The summed E-state index contributed by atoms with van der Waals surface area (Å²) in [6.07, 6.45) is -0.660. The number of alkyl halides is 1. The van der Waals surface area contributed by atoms with Crippen LogP contribution in [-0.4, -0.2) is 55.1 Å². The predicted octanol–water partition coefficient (Wildman–Crippen LogP) is 2.08. The van der Waals surface area contributed by atoms with Gasteiger partial charge in [0.1, 0.15) is 19.3 Å². The first kappa shape index (κ1) is 18.8. The SMILES string of the molecule is O=C(NCc1ccccc1)c1cc(C2COCCN2C(=O)OCCF)on1.